The molecule has 1 fully saturated rings. The van der Waals surface area contributed by atoms with E-state index in [2.05, 4.69) is 28.0 Å². The minimum absolute atomic E-state index is 0.00937. The van der Waals surface area contributed by atoms with E-state index in [9.17, 15) is 9.59 Å². The van der Waals surface area contributed by atoms with Gasteiger partial charge in [0.15, 0.2) is 0 Å². The summed E-state index contributed by atoms with van der Waals surface area (Å²) in [6, 6.07) is 7.05. The molecule has 0 spiro atoms. The Labute approximate surface area is 120 Å². The fraction of sp³-hybridized carbons (Fsp3) is 0.154. The van der Waals surface area contributed by atoms with Crippen LogP contribution in [0.2, 0.25) is 5.02 Å². The highest BCUT2D eigenvalue weighted by Gasteiger charge is 2.29. The van der Waals surface area contributed by atoms with Gasteiger partial charge in [-0.3, -0.25) is 15.0 Å². The van der Waals surface area contributed by atoms with Crippen LogP contribution in [0.4, 0.5) is 0 Å². The van der Waals surface area contributed by atoms with Gasteiger partial charge < -0.3 is 5.43 Å². The molecule has 1 unspecified atom stereocenters. The third kappa shape index (κ3) is 3.58. The molecule has 1 aliphatic rings. The van der Waals surface area contributed by atoms with E-state index in [1.54, 1.807) is 24.3 Å². The summed E-state index contributed by atoms with van der Waals surface area (Å²) in [5.74, 6) is -1.21. The number of carbonyl (C=O) groups is 2. The Morgan fingerprint density at radius 3 is 2.95 bits per heavy atom. The van der Waals surface area contributed by atoms with Crippen molar-refractivity contribution >= 4 is 29.6 Å². The molecule has 3 N–H and O–H groups in total. The highest BCUT2D eigenvalue weighted by Crippen LogP contribution is 2.15. The van der Waals surface area contributed by atoms with E-state index in [4.69, 9.17) is 11.6 Å². The Bertz CT molecular complexity index is 569. The van der Waals surface area contributed by atoms with E-state index in [1.807, 2.05) is 0 Å². The van der Waals surface area contributed by atoms with Gasteiger partial charge in [0.25, 0.3) is 0 Å². The number of hydrogen-bond acceptors (Lipinski definition) is 4. The zero-order valence-electron chi connectivity index (χ0n) is 10.5. The molecule has 1 atom stereocenters. The first-order valence-electron chi connectivity index (χ1n) is 5.88. The van der Waals surface area contributed by atoms with Crippen LogP contribution in [-0.4, -0.2) is 18.0 Å². The average molecular weight is 293 g/mol. The summed E-state index contributed by atoms with van der Waals surface area (Å²) in [5.41, 5.74) is 8.58. The van der Waals surface area contributed by atoms with Crippen molar-refractivity contribution in [1.82, 2.24) is 16.3 Å². The van der Waals surface area contributed by atoms with E-state index in [0.29, 0.717) is 10.7 Å². The van der Waals surface area contributed by atoms with Gasteiger partial charge in [0.2, 0.25) is 11.8 Å². The lowest BCUT2D eigenvalue weighted by Crippen LogP contribution is -2.27. The lowest BCUT2D eigenvalue weighted by atomic mass is 10.0. The Hall–Kier alpha value is -2.34. The van der Waals surface area contributed by atoms with Crippen LogP contribution < -0.4 is 16.3 Å². The summed E-state index contributed by atoms with van der Waals surface area (Å²) in [7, 11) is 0. The third-order valence-corrected chi connectivity index (χ3v) is 2.96. The molecule has 0 radical (unpaired) electrons. The normalized spacial score (nSPS) is 17.9. The van der Waals surface area contributed by atoms with Crippen LogP contribution in [0.5, 0.6) is 0 Å². The van der Waals surface area contributed by atoms with Crippen LogP contribution in [0.3, 0.4) is 0 Å². The maximum Gasteiger partial charge on any atom is 0.247 e. The molecule has 0 aromatic heterocycles. The number of halogens is 1. The largest absolute Gasteiger partial charge is 0.302 e. The molecule has 6 nitrogen and oxygen atoms in total. The van der Waals surface area contributed by atoms with E-state index in [0.717, 1.165) is 5.56 Å². The summed E-state index contributed by atoms with van der Waals surface area (Å²) >= 11 is 5.82. The van der Waals surface area contributed by atoms with Gasteiger partial charge >= 0.3 is 0 Å². The molecular formula is C13H13ClN4O2. The number of nitrogens with zero attached hydrogens (tertiary/aromatic N) is 1. The van der Waals surface area contributed by atoms with E-state index in [1.165, 1.54) is 6.21 Å². The van der Waals surface area contributed by atoms with Crippen molar-refractivity contribution in [3.8, 4) is 0 Å². The molecule has 1 aromatic rings. The number of hydrazine groups is 1. The fourth-order valence-electron chi connectivity index (χ4n) is 1.69. The Kier molecular flexibility index (Phi) is 4.37. The number of hydrazone groups is 1. The van der Waals surface area contributed by atoms with Crippen LogP contribution in [0.25, 0.3) is 0 Å². The van der Waals surface area contributed by atoms with Gasteiger partial charge in [-0.2, -0.15) is 5.10 Å². The Morgan fingerprint density at radius 1 is 1.50 bits per heavy atom. The lowest BCUT2D eigenvalue weighted by Gasteiger charge is -2.05. The van der Waals surface area contributed by atoms with Gasteiger partial charge in [-0.25, -0.2) is 5.43 Å². The number of hydrogen-bond donors (Lipinski definition) is 3. The Morgan fingerprint density at radius 2 is 2.30 bits per heavy atom. The fourth-order valence-corrected chi connectivity index (χ4v) is 1.89. The highest BCUT2D eigenvalue weighted by molar-refractivity contribution is 6.30. The van der Waals surface area contributed by atoms with Crippen LogP contribution in [0, 0.1) is 5.92 Å². The van der Waals surface area contributed by atoms with E-state index < -0.39 is 5.92 Å². The molecule has 20 heavy (non-hydrogen) atoms. The number of amides is 2. The average Bonchev–Trinajstić information content (AvgIpc) is 2.71. The number of carbonyl (C=O) groups excluding carboxylic acids is 2. The van der Waals surface area contributed by atoms with Crippen molar-refractivity contribution in [2.45, 2.75) is 6.42 Å². The SMILES string of the molecule is C=C1NNC(=O)C1CC(=O)NN=Cc1cccc(Cl)c1. The van der Waals surface area contributed by atoms with Crippen molar-refractivity contribution in [3.63, 3.8) is 0 Å². The lowest BCUT2D eigenvalue weighted by molar-refractivity contribution is -0.127. The third-order valence-electron chi connectivity index (χ3n) is 2.72. The minimum Gasteiger partial charge on any atom is -0.302 e. The monoisotopic (exact) mass is 292 g/mol. The van der Waals surface area contributed by atoms with Gasteiger partial charge in [0.05, 0.1) is 12.1 Å². The molecule has 2 amide bonds. The van der Waals surface area contributed by atoms with E-state index in [-0.39, 0.29) is 18.2 Å². The van der Waals surface area contributed by atoms with Gasteiger partial charge in [-0.15, -0.1) is 0 Å². The van der Waals surface area contributed by atoms with Gasteiger partial charge in [0.1, 0.15) is 0 Å². The van der Waals surface area contributed by atoms with Crippen LogP contribution >= 0.6 is 11.6 Å². The molecule has 104 valence electrons. The second-order valence-electron chi connectivity index (χ2n) is 4.24. The van der Waals surface area contributed by atoms with Crippen molar-refractivity contribution in [2.24, 2.45) is 11.0 Å². The van der Waals surface area contributed by atoms with Crippen LogP contribution in [0.15, 0.2) is 41.6 Å². The molecule has 1 heterocycles. The summed E-state index contributed by atoms with van der Waals surface area (Å²) in [6.07, 6.45) is 1.47. The van der Waals surface area contributed by atoms with Crippen LogP contribution in [0.1, 0.15) is 12.0 Å². The predicted octanol–water partition coefficient (Wildman–Crippen LogP) is 0.945. The second-order valence-corrected chi connectivity index (χ2v) is 4.68. The quantitative estimate of drug-likeness (QED) is 0.571. The smallest absolute Gasteiger partial charge is 0.247 e. The molecule has 0 bridgehead atoms. The van der Waals surface area contributed by atoms with Crippen LogP contribution in [-0.2, 0) is 9.59 Å². The second kappa shape index (κ2) is 6.21. The Balaban J connectivity index is 1.86. The molecule has 0 aliphatic carbocycles. The molecule has 0 saturated carbocycles. The molecule has 2 rings (SSSR count). The molecule has 1 aromatic carbocycles. The maximum absolute atomic E-state index is 11.6. The van der Waals surface area contributed by atoms with E-state index >= 15 is 0 Å². The van der Waals surface area contributed by atoms with Crippen molar-refractivity contribution in [2.75, 3.05) is 0 Å². The summed E-state index contributed by atoms with van der Waals surface area (Å²) in [5, 5.41) is 4.40. The van der Waals surface area contributed by atoms with Gasteiger partial charge in [-0.05, 0) is 17.7 Å². The standard InChI is InChI=1S/C13H13ClN4O2/c1-8-11(13(20)18-16-8)6-12(19)17-15-7-9-3-2-4-10(14)5-9/h2-5,7,11,16H,1,6H2,(H,17,19)(H,18,20). The summed E-state index contributed by atoms with van der Waals surface area (Å²) in [6.45, 7) is 3.65. The van der Waals surface area contributed by atoms with Gasteiger partial charge in [-0.1, -0.05) is 30.3 Å². The molecular weight excluding hydrogens is 280 g/mol. The van der Waals surface area contributed by atoms with Gasteiger partial charge in [0, 0.05) is 17.1 Å². The molecule has 1 saturated heterocycles. The maximum atomic E-state index is 11.6. The number of nitrogens with one attached hydrogen (secondary N) is 3. The first kappa shape index (κ1) is 14.1. The highest BCUT2D eigenvalue weighted by atomic mass is 35.5. The van der Waals surface area contributed by atoms with Crippen molar-refractivity contribution in [1.29, 1.82) is 0 Å². The predicted molar refractivity (Wildman–Crippen MR) is 75.7 cm³/mol. The first-order chi connectivity index (χ1) is 9.56. The van der Waals surface area contributed by atoms with Crippen molar-refractivity contribution in [3.05, 3.63) is 47.1 Å². The first-order valence-corrected chi connectivity index (χ1v) is 6.26. The number of rotatable bonds is 4. The summed E-state index contributed by atoms with van der Waals surface area (Å²) in [4.78, 5) is 23.0. The number of benzene rings is 1. The summed E-state index contributed by atoms with van der Waals surface area (Å²) < 4.78 is 0. The molecule has 1 aliphatic heterocycles. The zero-order chi connectivity index (χ0) is 14.5. The minimum atomic E-state index is -0.573. The molecule has 7 heteroatoms. The topological polar surface area (TPSA) is 82.6 Å². The zero-order valence-corrected chi connectivity index (χ0v) is 11.3. The van der Waals surface area contributed by atoms with Crippen molar-refractivity contribution < 1.29 is 9.59 Å².